The average Bonchev–Trinajstić information content (AvgIpc) is 3.90. The Balaban J connectivity index is 1.52. The quantitative estimate of drug-likeness (QED) is 0.251. The van der Waals surface area contributed by atoms with Crippen LogP contribution in [0.5, 0.6) is 0 Å². The number of ether oxygens (including phenoxy) is 1. The highest BCUT2D eigenvalue weighted by atomic mass is 19.4. The van der Waals surface area contributed by atoms with Crippen LogP contribution in [0.2, 0.25) is 0 Å². The Morgan fingerprint density at radius 1 is 1.07 bits per heavy atom. The normalized spacial score (nSPS) is 16.4. The van der Waals surface area contributed by atoms with Crippen molar-refractivity contribution in [2.24, 2.45) is 17.8 Å². The van der Waals surface area contributed by atoms with Crippen LogP contribution in [0.25, 0.3) is 0 Å². The molecule has 0 radical (unpaired) electrons. The van der Waals surface area contributed by atoms with Gasteiger partial charge in [0.25, 0.3) is 5.91 Å². The van der Waals surface area contributed by atoms with Crippen LogP contribution in [0.4, 0.5) is 23.2 Å². The lowest BCUT2D eigenvalue weighted by Gasteiger charge is -2.28. The summed E-state index contributed by atoms with van der Waals surface area (Å²) in [6, 6.07) is 4.03. The maximum atomic E-state index is 15.3. The molecule has 3 amide bonds. The molecule has 44 heavy (non-hydrogen) atoms. The SMILES string of the molecule is COC(=O)CN(CC(F)(F)F)C(=O)C(C)c1ccc(NC(=O)[C@@H](NC(=O)c2ccnn2C(C)C)C(C2CC2)C2CC2)c(F)c1. The second-order valence-corrected chi connectivity index (χ2v) is 11.8. The van der Waals surface area contributed by atoms with E-state index in [1.807, 2.05) is 13.8 Å². The van der Waals surface area contributed by atoms with Crippen LogP contribution >= 0.6 is 0 Å². The highest BCUT2D eigenvalue weighted by molar-refractivity contribution is 6.01. The first-order valence-electron chi connectivity index (χ1n) is 14.6. The van der Waals surface area contributed by atoms with Gasteiger partial charge in [-0.3, -0.25) is 23.9 Å². The molecule has 2 N–H and O–H groups in total. The highest BCUT2D eigenvalue weighted by Crippen LogP contribution is 2.51. The topological polar surface area (TPSA) is 123 Å². The van der Waals surface area contributed by atoms with Gasteiger partial charge < -0.3 is 20.3 Å². The maximum Gasteiger partial charge on any atom is 0.406 e. The van der Waals surface area contributed by atoms with Crippen molar-refractivity contribution in [3.8, 4) is 0 Å². The first-order valence-corrected chi connectivity index (χ1v) is 14.6. The van der Waals surface area contributed by atoms with Crippen LogP contribution in [-0.2, 0) is 19.1 Å². The average molecular weight is 624 g/mol. The molecule has 2 atom stereocenters. The van der Waals surface area contributed by atoms with Crippen molar-refractivity contribution in [1.82, 2.24) is 20.0 Å². The summed E-state index contributed by atoms with van der Waals surface area (Å²) >= 11 is 0. The number of carbonyl (C=O) groups excluding carboxylic acids is 4. The number of methoxy groups -OCH3 is 1. The van der Waals surface area contributed by atoms with Crippen molar-refractivity contribution in [1.29, 1.82) is 0 Å². The summed E-state index contributed by atoms with van der Waals surface area (Å²) in [6.45, 7) is 2.43. The van der Waals surface area contributed by atoms with Crippen molar-refractivity contribution < 1.29 is 41.5 Å². The molecule has 240 valence electrons. The van der Waals surface area contributed by atoms with Crippen LogP contribution in [-0.4, -0.2) is 70.8 Å². The van der Waals surface area contributed by atoms with Crippen molar-refractivity contribution in [2.75, 3.05) is 25.5 Å². The Labute approximate surface area is 252 Å². The molecule has 1 aromatic heterocycles. The van der Waals surface area contributed by atoms with Gasteiger partial charge in [-0.15, -0.1) is 0 Å². The lowest BCUT2D eigenvalue weighted by molar-refractivity contribution is -0.167. The van der Waals surface area contributed by atoms with Crippen molar-refractivity contribution >= 4 is 29.4 Å². The number of nitrogens with zero attached hydrogens (tertiary/aromatic N) is 3. The number of nitrogens with one attached hydrogen (secondary N) is 2. The van der Waals surface area contributed by atoms with E-state index >= 15 is 4.39 Å². The minimum atomic E-state index is -4.78. The van der Waals surface area contributed by atoms with Crippen LogP contribution in [0.3, 0.4) is 0 Å². The van der Waals surface area contributed by atoms with E-state index in [1.165, 1.54) is 25.3 Å². The molecule has 10 nitrogen and oxygen atoms in total. The summed E-state index contributed by atoms with van der Waals surface area (Å²) in [5.74, 6) is -4.91. The molecule has 0 bridgehead atoms. The van der Waals surface area contributed by atoms with Gasteiger partial charge in [0.1, 0.15) is 30.6 Å². The Bertz CT molecular complexity index is 1370. The number of aromatic nitrogens is 2. The van der Waals surface area contributed by atoms with Crippen molar-refractivity contribution in [2.45, 2.75) is 70.6 Å². The summed E-state index contributed by atoms with van der Waals surface area (Å²) in [4.78, 5) is 51.8. The lowest BCUT2D eigenvalue weighted by Crippen LogP contribution is -2.50. The zero-order valence-corrected chi connectivity index (χ0v) is 25.0. The van der Waals surface area contributed by atoms with Crippen LogP contribution in [0.1, 0.15) is 74.5 Å². The third-order valence-electron chi connectivity index (χ3n) is 8.03. The van der Waals surface area contributed by atoms with E-state index in [0.29, 0.717) is 10.6 Å². The molecule has 1 unspecified atom stereocenters. The number of carbonyl (C=O) groups is 4. The lowest BCUT2D eigenvalue weighted by atomic mass is 9.88. The number of alkyl halides is 3. The highest BCUT2D eigenvalue weighted by Gasteiger charge is 2.48. The zero-order chi connectivity index (χ0) is 32.3. The number of hydrogen-bond donors (Lipinski definition) is 2. The summed E-state index contributed by atoms with van der Waals surface area (Å²) in [5, 5.41) is 9.64. The molecule has 2 fully saturated rings. The molecule has 1 aromatic carbocycles. The van der Waals surface area contributed by atoms with E-state index in [4.69, 9.17) is 0 Å². The van der Waals surface area contributed by atoms with E-state index in [2.05, 4.69) is 20.5 Å². The summed E-state index contributed by atoms with van der Waals surface area (Å²) in [6.07, 6.45) is 0.454. The molecule has 2 aliphatic rings. The fourth-order valence-electron chi connectivity index (χ4n) is 5.53. The Morgan fingerprint density at radius 3 is 2.23 bits per heavy atom. The Kier molecular flexibility index (Phi) is 9.99. The van der Waals surface area contributed by atoms with Crippen LogP contribution < -0.4 is 10.6 Å². The number of anilines is 1. The monoisotopic (exact) mass is 623 g/mol. The van der Waals surface area contributed by atoms with Crippen LogP contribution in [0.15, 0.2) is 30.5 Å². The molecule has 2 aliphatic carbocycles. The number of rotatable bonds is 13. The number of hydrogen-bond acceptors (Lipinski definition) is 6. The molecule has 4 rings (SSSR count). The van der Waals surface area contributed by atoms with Gasteiger partial charge in [-0.1, -0.05) is 6.07 Å². The van der Waals surface area contributed by atoms with E-state index < -0.39 is 60.7 Å². The Hall–Kier alpha value is -3.97. The molecule has 2 saturated carbocycles. The standard InChI is InChI=1S/C30H37F4N5O5/c1-16(2)39-23(11-12-35-39)27(41)37-26(25(18-5-6-18)19-7-8-19)28(42)36-22-10-9-20(13-21(22)31)17(3)29(43)38(14-24(40)44-4)15-30(32,33)34/h9-13,16-19,25-26H,5-8,14-15H2,1-4H3,(H,36,42)(H,37,41)/t17?,26-/m0/s1. The van der Waals surface area contributed by atoms with Gasteiger partial charge in [0.2, 0.25) is 11.8 Å². The van der Waals surface area contributed by atoms with Gasteiger partial charge in [-0.2, -0.15) is 18.3 Å². The first-order chi connectivity index (χ1) is 20.7. The maximum absolute atomic E-state index is 15.3. The number of halogens is 4. The predicted octanol–water partition coefficient (Wildman–Crippen LogP) is 4.44. The molecule has 14 heteroatoms. The van der Waals surface area contributed by atoms with Gasteiger partial charge in [-0.25, -0.2) is 4.39 Å². The third kappa shape index (κ3) is 8.14. The summed E-state index contributed by atoms with van der Waals surface area (Å²) < 4.78 is 60.5. The first kappa shape index (κ1) is 32.9. The second-order valence-electron chi connectivity index (χ2n) is 11.8. The van der Waals surface area contributed by atoms with Gasteiger partial charge in [0.15, 0.2) is 0 Å². The van der Waals surface area contributed by atoms with Gasteiger partial charge in [-0.05, 0) is 88.0 Å². The number of esters is 1. The van der Waals surface area contributed by atoms with E-state index in [-0.39, 0.29) is 35.0 Å². The van der Waals surface area contributed by atoms with Crippen LogP contribution in [0, 0.1) is 23.6 Å². The summed E-state index contributed by atoms with van der Waals surface area (Å²) in [5.41, 5.74) is 0.129. The van der Waals surface area contributed by atoms with Gasteiger partial charge >= 0.3 is 12.1 Å². The molecule has 0 aliphatic heterocycles. The number of benzene rings is 1. The zero-order valence-electron chi connectivity index (χ0n) is 25.0. The minimum Gasteiger partial charge on any atom is -0.468 e. The fourth-order valence-corrected chi connectivity index (χ4v) is 5.53. The number of amides is 3. The van der Waals surface area contributed by atoms with Crippen molar-refractivity contribution in [3.63, 3.8) is 0 Å². The molecular weight excluding hydrogens is 586 g/mol. The second kappa shape index (κ2) is 13.3. The van der Waals surface area contributed by atoms with Gasteiger partial charge in [0, 0.05) is 12.2 Å². The fraction of sp³-hybridized carbons (Fsp3) is 0.567. The molecular formula is C30H37F4N5O5. The summed E-state index contributed by atoms with van der Waals surface area (Å²) in [7, 11) is 0.985. The smallest absolute Gasteiger partial charge is 0.406 e. The third-order valence-corrected chi connectivity index (χ3v) is 8.03. The Morgan fingerprint density at radius 2 is 1.70 bits per heavy atom. The molecule has 2 aromatic rings. The molecule has 0 spiro atoms. The predicted molar refractivity (Wildman–Crippen MR) is 151 cm³/mol. The van der Waals surface area contributed by atoms with E-state index in [1.54, 1.807) is 10.7 Å². The van der Waals surface area contributed by atoms with E-state index in [0.717, 1.165) is 38.9 Å². The van der Waals surface area contributed by atoms with Crippen molar-refractivity contribution in [3.05, 3.63) is 47.5 Å². The molecule has 1 heterocycles. The molecule has 0 saturated heterocycles. The van der Waals surface area contributed by atoms with E-state index in [9.17, 15) is 32.3 Å². The minimum absolute atomic E-state index is 0.0446. The van der Waals surface area contributed by atoms with Gasteiger partial charge in [0.05, 0.1) is 18.7 Å². The largest absolute Gasteiger partial charge is 0.468 e.